The minimum absolute atomic E-state index is 0.00289. The molecule has 2 aliphatic carbocycles. The SMILES string of the molecule is CCOC1CC2NCC(C#N)C(NC3CCC(N4CCOCC4)C(Cl)C3)C2CC1NC(C)=O. The van der Waals surface area contributed by atoms with Crippen LogP contribution < -0.4 is 16.0 Å². The van der Waals surface area contributed by atoms with Gasteiger partial charge < -0.3 is 25.4 Å². The number of hydrogen-bond acceptors (Lipinski definition) is 7. The Morgan fingerprint density at radius 1 is 1.27 bits per heavy atom. The molecule has 2 saturated heterocycles. The van der Waals surface area contributed by atoms with Crippen LogP contribution in [0.4, 0.5) is 0 Å². The number of hydrogen-bond donors (Lipinski definition) is 3. The van der Waals surface area contributed by atoms with E-state index in [0.717, 1.165) is 58.4 Å². The van der Waals surface area contributed by atoms with Gasteiger partial charge in [-0.25, -0.2) is 0 Å². The van der Waals surface area contributed by atoms with E-state index in [0.29, 0.717) is 25.2 Å². The third-order valence-electron chi connectivity index (χ3n) is 8.09. The van der Waals surface area contributed by atoms with Crippen molar-refractivity contribution in [1.82, 2.24) is 20.9 Å². The lowest BCUT2D eigenvalue weighted by molar-refractivity contribution is -0.122. The molecule has 0 spiro atoms. The van der Waals surface area contributed by atoms with Gasteiger partial charge in [-0.2, -0.15) is 5.26 Å². The van der Waals surface area contributed by atoms with Crippen molar-refractivity contribution in [3.05, 3.63) is 0 Å². The second-order valence-electron chi connectivity index (χ2n) is 10.1. The van der Waals surface area contributed by atoms with E-state index >= 15 is 0 Å². The highest BCUT2D eigenvalue weighted by atomic mass is 35.5. The highest BCUT2D eigenvalue weighted by Gasteiger charge is 2.47. The van der Waals surface area contributed by atoms with Crippen LogP contribution in [0.2, 0.25) is 0 Å². The van der Waals surface area contributed by atoms with Crippen LogP contribution in [0.5, 0.6) is 0 Å². The standard InChI is InChI=1S/C24H40ClN5O3/c1-3-33-23-12-20-18(11-21(23)28-15(2)31)24(16(13-26)14-27-20)29-17-4-5-22(19(25)10-17)30-6-8-32-9-7-30/h16-24,27,29H,3-12,14H2,1-2H3,(H,28,31). The number of alkyl halides is 1. The fourth-order valence-corrected chi connectivity index (χ4v) is 7.05. The first-order valence-corrected chi connectivity index (χ1v) is 13.2. The number of ether oxygens (including phenoxy) is 2. The Morgan fingerprint density at radius 3 is 2.73 bits per heavy atom. The maximum absolute atomic E-state index is 11.9. The summed E-state index contributed by atoms with van der Waals surface area (Å²) < 4.78 is 11.5. The summed E-state index contributed by atoms with van der Waals surface area (Å²) >= 11 is 6.91. The lowest BCUT2D eigenvalue weighted by Gasteiger charge is -2.50. The molecule has 9 unspecified atom stereocenters. The number of carbonyl (C=O) groups is 1. The number of rotatable bonds is 6. The molecule has 9 atom stereocenters. The lowest BCUT2D eigenvalue weighted by Crippen LogP contribution is -2.66. The van der Waals surface area contributed by atoms with E-state index in [4.69, 9.17) is 21.1 Å². The molecule has 2 aliphatic heterocycles. The monoisotopic (exact) mass is 481 g/mol. The fourth-order valence-electron chi connectivity index (χ4n) is 6.55. The van der Waals surface area contributed by atoms with Gasteiger partial charge in [0.2, 0.25) is 5.91 Å². The molecule has 2 heterocycles. The van der Waals surface area contributed by atoms with Gasteiger partial charge in [0.05, 0.1) is 42.7 Å². The van der Waals surface area contributed by atoms with Crippen LogP contribution in [-0.2, 0) is 14.3 Å². The van der Waals surface area contributed by atoms with Crippen LogP contribution in [-0.4, -0.2) is 92.0 Å². The molecule has 2 saturated carbocycles. The van der Waals surface area contributed by atoms with Crippen molar-refractivity contribution in [2.45, 2.75) is 87.6 Å². The number of halogens is 1. The topological polar surface area (TPSA) is 98.7 Å². The molecule has 4 fully saturated rings. The summed E-state index contributed by atoms with van der Waals surface area (Å²) in [6.07, 6.45) is 4.72. The molecule has 33 heavy (non-hydrogen) atoms. The van der Waals surface area contributed by atoms with Crippen molar-refractivity contribution in [2.75, 3.05) is 39.5 Å². The zero-order valence-corrected chi connectivity index (χ0v) is 20.7. The van der Waals surface area contributed by atoms with E-state index in [-0.39, 0.29) is 47.3 Å². The Kier molecular flexibility index (Phi) is 8.88. The molecule has 9 heteroatoms. The van der Waals surface area contributed by atoms with Crippen molar-refractivity contribution in [3.63, 3.8) is 0 Å². The van der Waals surface area contributed by atoms with Gasteiger partial charge in [0.15, 0.2) is 0 Å². The summed E-state index contributed by atoms with van der Waals surface area (Å²) in [7, 11) is 0. The second kappa shape index (κ2) is 11.7. The molecular formula is C24H40ClN5O3. The van der Waals surface area contributed by atoms with Gasteiger partial charge in [-0.1, -0.05) is 0 Å². The van der Waals surface area contributed by atoms with E-state index in [9.17, 15) is 10.1 Å². The summed E-state index contributed by atoms with van der Waals surface area (Å²) in [6.45, 7) is 8.39. The van der Waals surface area contributed by atoms with Gasteiger partial charge in [0, 0.05) is 57.3 Å². The summed E-state index contributed by atoms with van der Waals surface area (Å²) in [5.41, 5.74) is 0. The minimum atomic E-state index is -0.0985. The number of nitriles is 1. The van der Waals surface area contributed by atoms with Crippen LogP contribution in [0, 0.1) is 23.2 Å². The van der Waals surface area contributed by atoms with E-state index in [1.165, 1.54) is 0 Å². The van der Waals surface area contributed by atoms with E-state index < -0.39 is 0 Å². The van der Waals surface area contributed by atoms with Crippen LogP contribution in [0.25, 0.3) is 0 Å². The van der Waals surface area contributed by atoms with Crippen molar-refractivity contribution >= 4 is 17.5 Å². The number of fused-ring (bicyclic) bond motifs is 1. The molecule has 1 amide bonds. The summed E-state index contributed by atoms with van der Waals surface area (Å²) in [5.74, 6) is 0.140. The highest BCUT2D eigenvalue weighted by molar-refractivity contribution is 6.21. The third-order valence-corrected chi connectivity index (χ3v) is 8.56. The molecular weight excluding hydrogens is 442 g/mol. The molecule has 186 valence electrons. The summed E-state index contributed by atoms with van der Waals surface area (Å²) in [4.78, 5) is 14.4. The van der Waals surface area contributed by atoms with Crippen molar-refractivity contribution in [1.29, 1.82) is 5.26 Å². The second-order valence-corrected chi connectivity index (χ2v) is 10.7. The first-order valence-electron chi connectivity index (χ1n) is 12.7. The van der Waals surface area contributed by atoms with Crippen LogP contribution in [0.3, 0.4) is 0 Å². The minimum Gasteiger partial charge on any atom is -0.379 e. The summed E-state index contributed by atoms with van der Waals surface area (Å²) in [6, 6.07) is 3.61. The number of amides is 1. The van der Waals surface area contributed by atoms with E-state index in [2.05, 4.69) is 26.9 Å². The van der Waals surface area contributed by atoms with Gasteiger partial charge >= 0.3 is 0 Å². The fraction of sp³-hybridized carbons (Fsp3) is 0.917. The number of carbonyl (C=O) groups excluding carboxylic acids is 1. The Bertz CT molecular complexity index is 700. The van der Waals surface area contributed by atoms with Gasteiger partial charge in [0.25, 0.3) is 0 Å². The normalized spacial score (nSPS) is 42.2. The molecule has 4 rings (SSSR count). The van der Waals surface area contributed by atoms with Crippen molar-refractivity contribution < 1.29 is 14.3 Å². The molecule has 0 aromatic rings. The highest BCUT2D eigenvalue weighted by Crippen LogP contribution is 2.36. The zero-order valence-electron chi connectivity index (χ0n) is 20.0. The first kappa shape index (κ1) is 25.2. The van der Waals surface area contributed by atoms with Gasteiger partial charge in [-0.15, -0.1) is 11.6 Å². The maximum Gasteiger partial charge on any atom is 0.217 e. The Morgan fingerprint density at radius 2 is 2.06 bits per heavy atom. The molecule has 0 aromatic heterocycles. The van der Waals surface area contributed by atoms with Crippen LogP contribution in [0.15, 0.2) is 0 Å². The quantitative estimate of drug-likeness (QED) is 0.491. The molecule has 0 bridgehead atoms. The maximum atomic E-state index is 11.9. The van der Waals surface area contributed by atoms with Crippen LogP contribution in [0.1, 0.15) is 46.0 Å². The van der Waals surface area contributed by atoms with E-state index in [1.807, 2.05) is 6.92 Å². The number of morpholine rings is 1. The number of nitrogens with one attached hydrogen (secondary N) is 3. The van der Waals surface area contributed by atoms with Crippen LogP contribution >= 0.6 is 11.6 Å². The molecule has 4 aliphatic rings. The predicted octanol–water partition coefficient (Wildman–Crippen LogP) is 1.24. The van der Waals surface area contributed by atoms with Gasteiger partial charge in [-0.3, -0.25) is 9.69 Å². The largest absolute Gasteiger partial charge is 0.379 e. The third kappa shape index (κ3) is 6.01. The lowest BCUT2D eigenvalue weighted by atomic mass is 9.69. The molecule has 8 nitrogen and oxygen atoms in total. The molecule has 0 aromatic carbocycles. The van der Waals surface area contributed by atoms with Crippen molar-refractivity contribution in [2.24, 2.45) is 11.8 Å². The van der Waals surface area contributed by atoms with Gasteiger partial charge in [0.1, 0.15) is 0 Å². The van der Waals surface area contributed by atoms with E-state index in [1.54, 1.807) is 6.92 Å². The van der Waals surface area contributed by atoms with Gasteiger partial charge in [-0.05, 0) is 44.9 Å². The average Bonchev–Trinajstić information content (AvgIpc) is 2.80. The molecule has 3 N–H and O–H groups in total. The number of piperidine rings is 1. The average molecular weight is 482 g/mol. The molecule has 0 radical (unpaired) electrons. The van der Waals surface area contributed by atoms with Crippen molar-refractivity contribution in [3.8, 4) is 6.07 Å². The zero-order chi connectivity index (χ0) is 23.4. The predicted molar refractivity (Wildman–Crippen MR) is 127 cm³/mol. The number of nitrogens with zero attached hydrogens (tertiary/aromatic N) is 2. The summed E-state index contributed by atoms with van der Waals surface area (Å²) in [5, 5.41) is 20.6. The smallest absolute Gasteiger partial charge is 0.217 e. The Labute approximate surface area is 203 Å². The first-order chi connectivity index (χ1) is 16.0. The Balaban J connectivity index is 1.42. The Hall–Kier alpha value is -0.950.